The smallest absolute Gasteiger partial charge is 0.145 e. The van der Waals surface area contributed by atoms with E-state index < -0.39 is 0 Å². The van der Waals surface area contributed by atoms with Gasteiger partial charge in [0.05, 0.1) is 5.02 Å². The number of pyridine rings is 1. The zero-order valence-corrected chi connectivity index (χ0v) is 10.8. The van der Waals surface area contributed by atoms with E-state index in [9.17, 15) is 0 Å². The van der Waals surface area contributed by atoms with Crippen molar-refractivity contribution in [2.45, 2.75) is 6.54 Å². The van der Waals surface area contributed by atoms with Gasteiger partial charge in [-0.25, -0.2) is 4.98 Å². The Morgan fingerprint density at radius 2 is 2.00 bits per heavy atom. The minimum Gasteiger partial charge on any atom is -0.365 e. The van der Waals surface area contributed by atoms with Gasteiger partial charge in [0.2, 0.25) is 0 Å². The van der Waals surface area contributed by atoms with Crippen molar-refractivity contribution in [1.82, 2.24) is 4.98 Å². The monoisotopic (exact) mass is 296 g/mol. The summed E-state index contributed by atoms with van der Waals surface area (Å²) < 4.78 is 1.08. The number of halogens is 2. The van der Waals surface area contributed by atoms with Crippen LogP contribution < -0.4 is 5.32 Å². The van der Waals surface area contributed by atoms with E-state index >= 15 is 0 Å². The first-order valence-corrected chi connectivity index (χ1v) is 6.02. The summed E-state index contributed by atoms with van der Waals surface area (Å²) in [5.74, 6) is 0.708. The Hall–Kier alpha value is -1.06. The van der Waals surface area contributed by atoms with Crippen molar-refractivity contribution in [1.29, 1.82) is 0 Å². The summed E-state index contributed by atoms with van der Waals surface area (Å²) in [6.45, 7) is 0.693. The number of benzene rings is 1. The van der Waals surface area contributed by atoms with Crippen LogP contribution in [0.4, 0.5) is 5.82 Å². The summed E-state index contributed by atoms with van der Waals surface area (Å²) in [5.41, 5.74) is 1.17. The number of aromatic nitrogens is 1. The second-order valence-electron chi connectivity index (χ2n) is 3.28. The minimum atomic E-state index is 0.634. The van der Waals surface area contributed by atoms with Gasteiger partial charge in [-0.15, -0.1) is 0 Å². The van der Waals surface area contributed by atoms with Crippen molar-refractivity contribution in [2.24, 2.45) is 0 Å². The SMILES string of the molecule is Clc1cccnc1NCc1ccccc1Br. The molecular formula is C12H10BrClN2. The second kappa shape index (κ2) is 5.32. The van der Waals surface area contributed by atoms with Gasteiger partial charge in [0.15, 0.2) is 0 Å². The molecule has 0 atom stereocenters. The average molecular weight is 298 g/mol. The largest absolute Gasteiger partial charge is 0.365 e. The molecule has 0 radical (unpaired) electrons. The lowest BCUT2D eigenvalue weighted by molar-refractivity contribution is 1.10. The third-order valence-electron chi connectivity index (χ3n) is 2.16. The van der Waals surface area contributed by atoms with Gasteiger partial charge in [0.1, 0.15) is 5.82 Å². The van der Waals surface area contributed by atoms with Gasteiger partial charge in [-0.2, -0.15) is 0 Å². The number of hydrogen-bond donors (Lipinski definition) is 1. The third-order valence-corrected chi connectivity index (χ3v) is 3.24. The highest BCUT2D eigenvalue weighted by Crippen LogP contribution is 2.20. The summed E-state index contributed by atoms with van der Waals surface area (Å²) in [4.78, 5) is 4.16. The predicted octanol–water partition coefficient (Wildman–Crippen LogP) is 4.11. The maximum atomic E-state index is 5.99. The predicted molar refractivity (Wildman–Crippen MR) is 70.7 cm³/mol. The molecular weight excluding hydrogens is 288 g/mol. The van der Waals surface area contributed by atoms with Crippen LogP contribution in [0.2, 0.25) is 5.02 Å². The maximum absolute atomic E-state index is 5.99. The third kappa shape index (κ3) is 2.74. The summed E-state index contributed by atoms with van der Waals surface area (Å²) in [6.07, 6.45) is 1.72. The summed E-state index contributed by atoms with van der Waals surface area (Å²) in [5, 5.41) is 3.83. The Bertz CT molecular complexity index is 442. The Kier molecular flexibility index (Phi) is 3.80. The molecule has 2 aromatic rings. The van der Waals surface area contributed by atoms with Gasteiger partial charge in [0.25, 0.3) is 0 Å². The molecule has 0 aliphatic rings. The van der Waals surface area contributed by atoms with Crippen molar-refractivity contribution in [3.8, 4) is 0 Å². The van der Waals surface area contributed by atoms with Crippen LogP contribution in [0.25, 0.3) is 0 Å². The van der Waals surface area contributed by atoms with E-state index in [1.54, 1.807) is 6.20 Å². The molecule has 1 heterocycles. The van der Waals surface area contributed by atoms with E-state index in [1.807, 2.05) is 36.4 Å². The van der Waals surface area contributed by atoms with Gasteiger partial charge in [-0.1, -0.05) is 45.7 Å². The van der Waals surface area contributed by atoms with Crippen molar-refractivity contribution < 1.29 is 0 Å². The molecule has 0 amide bonds. The first kappa shape index (κ1) is 11.4. The van der Waals surface area contributed by atoms with Gasteiger partial charge < -0.3 is 5.32 Å². The van der Waals surface area contributed by atoms with Crippen LogP contribution in [0, 0.1) is 0 Å². The summed E-state index contributed by atoms with van der Waals surface area (Å²) >= 11 is 9.49. The lowest BCUT2D eigenvalue weighted by Gasteiger charge is -2.08. The van der Waals surface area contributed by atoms with Crippen molar-refractivity contribution in [3.05, 3.63) is 57.7 Å². The second-order valence-corrected chi connectivity index (χ2v) is 4.54. The highest BCUT2D eigenvalue weighted by atomic mass is 79.9. The van der Waals surface area contributed by atoms with Gasteiger partial charge in [-0.3, -0.25) is 0 Å². The number of nitrogens with zero attached hydrogens (tertiary/aromatic N) is 1. The molecule has 0 saturated carbocycles. The van der Waals surface area contributed by atoms with E-state index in [0.29, 0.717) is 17.4 Å². The van der Waals surface area contributed by atoms with E-state index in [-0.39, 0.29) is 0 Å². The first-order chi connectivity index (χ1) is 7.77. The lowest BCUT2D eigenvalue weighted by atomic mass is 10.2. The molecule has 4 heteroatoms. The molecule has 16 heavy (non-hydrogen) atoms. The average Bonchev–Trinajstić information content (AvgIpc) is 2.30. The first-order valence-electron chi connectivity index (χ1n) is 4.85. The number of hydrogen-bond acceptors (Lipinski definition) is 2. The zero-order valence-electron chi connectivity index (χ0n) is 8.45. The standard InChI is InChI=1S/C12H10BrClN2/c13-10-5-2-1-4-9(10)8-16-12-11(14)6-3-7-15-12/h1-7H,8H2,(H,15,16). The van der Waals surface area contributed by atoms with Gasteiger partial charge >= 0.3 is 0 Å². The molecule has 0 fully saturated rings. The fraction of sp³-hybridized carbons (Fsp3) is 0.0833. The van der Waals surface area contributed by atoms with Crippen molar-refractivity contribution in [2.75, 3.05) is 5.32 Å². The van der Waals surface area contributed by atoms with Crippen LogP contribution in [-0.2, 0) is 6.54 Å². The molecule has 0 spiro atoms. The molecule has 1 aromatic heterocycles. The number of nitrogens with one attached hydrogen (secondary N) is 1. The fourth-order valence-corrected chi connectivity index (χ4v) is 1.95. The van der Waals surface area contributed by atoms with Crippen LogP contribution in [0.5, 0.6) is 0 Å². The number of anilines is 1. The van der Waals surface area contributed by atoms with Gasteiger partial charge in [0, 0.05) is 17.2 Å². The summed E-state index contributed by atoms with van der Waals surface area (Å²) in [6, 6.07) is 11.7. The molecule has 2 rings (SSSR count). The van der Waals surface area contributed by atoms with Crippen LogP contribution in [-0.4, -0.2) is 4.98 Å². The molecule has 82 valence electrons. The van der Waals surface area contributed by atoms with E-state index in [0.717, 1.165) is 4.47 Å². The highest BCUT2D eigenvalue weighted by Gasteiger charge is 2.01. The van der Waals surface area contributed by atoms with Crippen molar-refractivity contribution in [3.63, 3.8) is 0 Å². The van der Waals surface area contributed by atoms with Crippen LogP contribution in [0.1, 0.15) is 5.56 Å². The van der Waals surface area contributed by atoms with Crippen LogP contribution in [0.15, 0.2) is 47.1 Å². The Labute approximate surface area is 108 Å². The molecule has 0 saturated heterocycles. The summed E-state index contributed by atoms with van der Waals surface area (Å²) in [7, 11) is 0. The molecule has 0 bridgehead atoms. The van der Waals surface area contributed by atoms with E-state index in [4.69, 9.17) is 11.6 Å². The normalized spacial score (nSPS) is 10.1. The maximum Gasteiger partial charge on any atom is 0.145 e. The molecule has 1 aromatic carbocycles. The molecule has 1 N–H and O–H groups in total. The Morgan fingerprint density at radius 1 is 1.19 bits per heavy atom. The quantitative estimate of drug-likeness (QED) is 0.922. The van der Waals surface area contributed by atoms with E-state index in [1.165, 1.54) is 5.56 Å². The van der Waals surface area contributed by atoms with Crippen LogP contribution in [0.3, 0.4) is 0 Å². The topological polar surface area (TPSA) is 24.9 Å². The molecule has 0 aliphatic carbocycles. The highest BCUT2D eigenvalue weighted by molar-refractivity contribution is 9.10. The zero-order chi connectivity index (χ0) is 11.4. The fourth-order valence-electron chi connectivity index (χ4n) is 1.34. The lowest BCUT2D eigenvalue weighted by Crippen LogP contribution is -2.02. The molecule has 2 nitrogen and oxygen atoms in total. The van der Waals surface area contributed by atoms with Crippen LogP contribution >= 0.6 is 27.5 Å². The Morgan fingerprint density at radius 3 is 2.75 bits per heavy atom. The van der Waals surface area contributed by atoms with Crippen molar-refractivity contribution >= 4 is 33.3 Å². The molecule has 0 aliphatic heterocycles. The molecule has 0 unspecified atom stereocenters. The number of rotatable bonds is 3. The minimum absolute atomic E-state index is 0.634. The Balaban J connectivity index is 2.09. The van der Waals surface area contributed by atoms with Gasteiger partial charge in [-0.05, 0) is 23.8 Å². The van der Waals surface area contributed by atoms with E-state index in [2.05, 4.69) is 26.2 Å².